The lowest BCUT2D eigenvalue weighted by molar-refractivity contribution is -0.339. The fraction of sp³-hybridized carbons (Fsp3) is 0.698. The smallest absolute Gasteiger partial charge is 0.373 e. The molecule has 0 aromatic carbocycles. The second kappa shape index (κ2) is 21.2. The number of carbonyl (C=O) groups is 1. The van der Waals surface area contributed by atoms with Gasteiger partial charge in [0.05, 0.1) is 43.7 Å². The zero-order valence-corrected chi connectivity index (χ0v) is 34.6. The molecular weight excluding hydrogens is 708 g/mol. The van der Waals surface area contributed by atoms with Crippen molar-refractivity contribution in [1.29, 1.82) is 0 Å². The molecule has 12 nitrogen and oxygen atoms in total. The van der Waals surface area contributed by atoms with Crippen LogP contribution < -0.4 is 0 Å². The van der Waals surface area contributed by atoms with Gasteiger partial charge in [0.25, 0.3) is 0 Å². The number of aliphatic hydroxyl groups excluding tert-OH is 4. The number of aliphatic hydroxyl groups is 5. The van der Waals surface area contributed by atoms with E-state index in [1.165, 1.54) is 14.2 Å². The largest absolute Gasteiger partial charge is 0.490 e. The third-order valence-electron chi connectivity index (χ3n) is 11.4. The van der Waals surface area contributed by atoms with Gasteiger partial charge in [-0.1, -0.05) is 94.4 Å². The minimum Gasteiger partial charge on any atom is -0.490 e. The van der Waals surface area contributed by atoms with Gasteiger partial charge in [-0.15, -0.1) is 0 Å². The molecule has 3 rings (SSSR count). The first-order chi connectivity index (χ1) is 25.9. The highest BCUT2D eigenvalue weighted by Crippen LogP contribution is 2.42. The summed E-state index contributed by atoms with van der Waals surface area (Å²) < 4.78 is 36.1. The van der Waals surface area contributed by atoms with Gasteiger partial charge in [0.1, 0.15) is 18.3 Å². The Bertz CT molecular complexity index is 1410. The van der Waals surface area contributed by atoms with Crippen molar-refractivity contribution in [3.63, 3.8) is 0 Å². The maximum absolute atomic E-state index is 13.8. The fourth-order valence-electron chi connectivity index (χ4n) is 7.76. The van der Waals surface area contributed by atoms with E-state index in [0.29, 0.717) is 12.0 Å². The van der Waals surface area contributed by atoms with E-state index in [1.54, 1.807) is 32.9 Å². The van der Waals surface area contributed by atoms with Gasteiger partial charge in [0, 0.05) is 43.6 Å². The Balaban J connectivity index is 2.00. The van der Waals surface area contributed by atoms with E-state index >= 15 is 0 Å². The number of ether oxygens (including phenoxy) is 6. The zero-order chi connectivity index (χ0) is 41.2. The number of rotatable bonds is 10. The van der Waals surface area contributed by atoms with Gasteiger partial charge in [-0.3, -0.25) is 0 Å². The number of hydrogen-bond acceptors (Lipinski definition) is 12. The molecule has 2 fully saturated rings. The predicted molar refractivity (Wildman–Crippen MR) is 209 cm³/mol. The minimum absolute atomic E-state index is 0.0349. The molecule has 0 amide bonds. The lowest BCUT2D eigenvalue weighted by Gasteiger charge is -2.49. The van der Waals surface area contributed by atoms with Gasteiger partial charge in [-0.05, 0) is 46.1 Å². The van der Waals surface area contributed by atoms with Crippen LogP contribution in [0.2, 0.25) is 0 Å². The highest BCUT2D eigenvalue weighted by atomic mass is 16.7. The Morgan fingerprint density at radius 2 is 1.73 bits per heavy atom. The summed E-state index contributed by atoms with van der Waals surface area (Å²) in [5, 5.41) is 56.1. The van der Waals surface area contributed by atoms with Crippen molar-refractivity contribution in [2.24, 2.45) is 29.6 Å². The summed E-state index contributed by atoms with van der Waals surface area (Å²) in [6.45, 7) is 16.6. The normalized spacial score (nSPS) is 42.6. The summed E-state index contributed by atoms with van der Waals surface area (Å²) >= 11 is 0. The van der Waals surface area contributed by atoms with Crippen LogP contribution in [0.15, 0.2) is 71.6 Å². The van der Waals surface area contributed by atoms with Crippen LogP contribution in [0.25, 0.3) is 0 Å². The number of allylic oxidation sites excluding steroid dienone is 8. The van der Waals surface area contributed by atoms with Crippen molar-refractivity contribution in [3.05, 3.63) is 71.6 Å². The summed E-state index contributed by atoms with van der Waals surface area (Å²) in [5.41, 5.74) is 1.74. The van der Waals surface area contributed by atoms with Gasteiger partial charge in [0.15, 0.2) is 12.1 Å². The summed E-state index contributed by atoms with van der Waals surface area (Å²) in [4.78, 5) is 13.8. The average Bonchev–Trinajstić information content (AvgIpc) is 3.13. The number of methoxy groups -OCH3 is 2. The third-order valence-corrected chi connectivity index (χ3v) is 11.4. The predicted octanol–water partition coefficient (Wildman–Crippen LogP) is 5.05. The molecule has 0 spiro atoms. The summed E-state index contributed by atoms with van der Waals surface area (Å²) in [5.74, 6) is -5.04. The molecule has 5 N–H and O–H groups in total. The van der Waals surface area contributed by atoms with Crippen molar-refractivity contribution in [2.75, 3.05) is 14.2 Å². The maximum atomic E-state index is 13.8. The average molecular weight is 777 g/mol. The Hall–Kier alpha value is -2.65. The van der Waals surface area contributed by atoms with Crippen molar-refractivity contribution in [3.8, 4) is 0 Å². The lowest BCUT2D eigenvalue weighted by atomic mass is 9.77. The standard InChI is InChI=1S/C43H68O12/c1-12-13-14-17-33-28(6)36(53-37-22-32(44)40(47)31(9)52-37)23-43(49,55-33)30(8)39(46)29(7)41-34(50-10)18-15-16-24(2)19-26(4)38(45)27(5)20-25(3)21-35(51-11)42(48)54-41/h12-18,20-21,26-34,36-41,44-47,49H,19,22-23H2,1-11H3/b13-12+,17-14+,18-15+,24-16+,25-20-,35-21-/t26-,27+,28+,29?,30-,31+,32+,33+,34-,36+,37+,38-,39+,40+,41+,43+/m0/s1. The molecule has 0 aromatic rings. The van der Waals surface area contributed by atoms with Crippen molar-refractivity contribution < 1.29 is 58.7 Å². The Kier molecular flexibility index (Phi) is 18.0. The van der Waals surface area contributed by atoms with Crippen LogP contribution in [0.5, 0.6) is 0 Å². The molecule has 0 aliphatic carbocycles. The molecule has 3 aliphatic heterocycles. The first kappa shape index (κ1) is 46.7. The molecule has 0 bridgehead atoms. The first-order valence-corrected chi connectivity index (χ1v) is 19.6. The lowest BCUT2D eigenvalue weighted by Crippen LogP contribution is -2.59. The zero-order valence-electron chi connectivity index (χ0n) is 34.6. The van der Waals surface area contributed by atoms with E-state index in [4.69, 9.17) is 28.4 Å². The van der Waals surface area contributed by atoms with E-state index in [2.05, 4.69) is 0 Å². The molecule has 0 saturated carbocycles. The van der Waals surface area contributed by atoms with Gasteiger partial charge >= 0.3 is 5.97 Å². The monoisotopic (exact) mass is 776 g/mol. The second-order valence-corrected chi connectivity index (χ2v) is 15.9. The van der Waals surface area contributed by atoms with E-state index in [9.17, 15) is 30.3 Å². The molecule has 55 heavy (non-hydrogen) atoms. The van der Waals surface area contributed by atoms with Gasteiger partial charge in [-0.2, -0.15) is 0 Å². The van der Waals surface area contributed by atoms with Crippen LogP contribution in [0.3, 0.4) is 0 Å². The quantitative estimate of drug-likeness (QED) is 0.148. The summed E-state index contributed by atoms with van der Waals surface area (Å²) in [6, 6.07) is 0. The van der Waals surface area contributed by atoms with E-state index in [-0.39, 0.29) is 36.4 Å². The first-order valence-electron chi connectivity index (χ1n) is 19.6. The highest BCUT2D eigenvalue weighted by molar-refractivity contribution is 5.87. The highest BCUT2D eigenvalue weighted by Gasteiger charge is 2.52. The Morgan fingerprint density at radius 3 is 2.35 bits per heavy atom. The molecule has 0 aromatic heterocycles. The maximum Gasteiger partial charge on any atom is 0.373 e. The summed E-state index contributed by atoms with van der Waals surface area (Å²) in [7, 11) is 2.86. The molecule has 312 valence electrons. The van der Waals surface area contributed by atoms with Crippen LogP contribution in [0, 0.1) is 29.6 Å². The van der Waals surface area contributed by atoms with Gasteiger partial charge < -0.3 is 54.0 Å². The third kappa shape index (κ3) is 12.4. The van der Waals surface area contributed by atoms with Gasteiger partial charge in [-0.25, -0.2) is 4.79 Å². The van der Waals surface area contributed by atoms with Crippen LogP contribution in [-0.4, -0.2) is 113 Å². The van der Waals surface area contributed by atoms with Crippen LogP contribution in [0.4, 0.5) is 0 Å². The minimum atomic E-state index is -1.92. The van der Waals surface area contributed by atoms with Gasteiger partial charge in [0.2, 0.25) is 5.76 Å². The fourth-order valence-corrected chi connectivity index (χ4v) is 7.76. The van der Waals surface area contributed by atoms with Crippen molar-refractivity contribution in [1.82, 2.24) is 0 Å². The van der Waals surface area contributed by atoms with Crippen LogP contribution in [0.1, 0.15) is 81.6 Å². The molecule has 0 radical (unpaired) electrons. The molecule has 3 heterocycles. The number of hydrogen-bond donors (Lipinski definition) is 5. The molecule has 16 atom stereocenters. The van der Waals surface area contributed by atoms with Crippen molar-refractivity contribution >= 4 is 5.97 Å². The Morgan fingerprint density at radius 1 is 1.04 bits per heavy atom. The van der Waals surface area contributed by atoms with E-state index in [0.717, 1.165) is 5.57 Å². The van der Waals surface area contributed by atoms with E-state index < -0.39 is 84.8 Å². The molecule has 3 aliphatic rings. The van der Waals surface area contributed by atoms with Crippen LogP contribution in [-0.2, 0) is 33.2 Å². The second-order valence-electron chi connectivity index (χ2n) is 15.9. The SMILES string of the molecule is C/C=C/C=C/[C@H]1O[C@@](O)([C@@H](C)[C@H](O)C(C)[C@H]2OC(=O)/C(OC)=C/C(C)=C\[C@@H](C)[C@@H](O)[C@@H](C)C/C(C)=C/C=C/[C@@H]2OC)C[C@@H](O[C@@H]2C[C@@H](O)[C@H](O)[C@@H](C)O2)[C@@H]1C. The molecule has 1 unspecified atom stereocenters. The number of cyclic esters (lactones) is 1. The number of carbonyl (C=O) groups excluding carboxylic acids is 1. The van der Waals surface area contributed by atoms with Crippen LogP contribution >= 0.6 is 0 Å². The Labute approximate surface area is 328 Å². The molecule has 12 heteroatoms. The number of esters is 1. The van der Waals surface area contributed by atoms with Crippen molar-refractivity contribution in [2.45, 2.75) is 149 Å². The van der Waals surface area contributed by atoms with E-state index in [1.807, 2.05) is 84.1 Å². The molecule has 2 saturated heterocycles. The molecular formula is C43H68O12. The summed E-state index contributed by atoms with van der Waals surface area (Å²) in [6.07, 6.45) is 8.29. The topological polar surface area (TPSA) is 174 Å².